The van der Waals surface area contributed by atoms with Crippen molar-refractivity contribution >= 4 is 11.8 Å². The number of aromatic hydroxyl groups is 1. The molecule has 118 valence electrons. The number of ether oxygens (including phenoxy) is 2. The number of carbonyl (C=O) groups is 2. The molecule has 2 aromatic rings. The number of ketones is 1. The molecule has 0 saturated carbocycles. The Morgan fingerprint density at radius 2 is 1.83 bits per heavy atom. The first-order valence-corrected chi connectivity index (χ1v) is 6.99. The molecule has 1 N–H and O–H groups in total. The van der Waals surface area contributed by atoms with E-state index in [-0.39, 0.29) is 35.2 Å². The summed E-state index contributed by atoms with van der Waals surface area (Å²) < 4.78 is 9.96. The zero-order valence-electron chi connectivity index (χ0n) is 12.6. The van der Waals surface area contributed by atoms with Crippen LogP contribution in [0, 0.1) is 0 Å². The van der Waals surface area contributed by atoms with Gasteiger partial charge in [0.25, 0.3) is 0 Å². The van der Waals surface area contributed by atoms with Crippen LogP contribution in [0.25, 0.3) is 0 Å². The lowest BCUT2D eigenvalue weighted by Crippen LogP contribution is -2.11. The minimum absolute atomic E-state index is 0.144. The maximum atomic E-state index is 12.3. The fourth-order valence-corrected chi connectivity index (χ4v) is 1.91. The molecule has 0 saturated heterocycles. The lowest BCUT2D eigenvalue weighted by molar-refractivity contribution is -0.140. The van der Waals surface area contributed by atoms with E-state index in [9.17, 15) is 14.7 Å². The highest BCUT2D eigenvalue weighted by molar-refractivity contribution is 6.10. The van der Waals surface area contributed by atoms with Crippen LogP contribution in [0.5, 0.6) is 11.5 Å². The largest absolute Gasteiger partial charge is 0.507 e. The molecule has 0 aliphatic heterocycles. The lowest BCUT2D eigenvalue weighted by atomic mass is 10.0. The normalized spacial score (nSPS) is 9.96. The smallest absolute Gasteiger partial charge is 0.373 e. The molecule has 2 aromatic carbocycles. The number of esters is 1. The van der Waals surface area contributed by atoms with Gasteiger partial charge in [-0.1, -0.05) is 30.3 Å². The van der Waals surface area contributed by atoms with Crippen LogP contribution in [0.2, 0.25) is 0 Å². The Hall–Kier alpha value is -3.08. The minimum Gasteiger partial charge on any atom is -0.507 e. The summed E-state index contributed by atoms with van der Waals surface area (Å²) in [6.45, 7) is 5.33. The molecular weight excluding hydrogens is 296 g/mol. The first-order chi connectivity index (χ1) is 11.0. The molecule has 0 aliphatic carbocycles. The topological polar surface area (TPSA) is 72.8 Å². The molecule has 0 aromatic heterocycles. The van der Waals surface area contributed by atoms with Crippen molar-refractivity contribution in [1.82, 2.24) is 0 Å². The number of phenols is 1. The van der Waals surface area contributed by atoms with Crippen molar-refractivity contribution in [3.05, 3.63) is 72.0 Å². The van der Waals surface area contributed by atoms with Crippen molar-refractivity contribution in [2.24, 2.45) is 0 Å². The quantitative estimate of drug-likeness (QED) is 0.384. The van der Waals surface area contributed by atoms with Crippen LogP contribution >= 0.6 is 0 Å². The average molecular weight is 312 g/mol. The van der Waals surface area contributed by atoms with Gasteiger partial charge in [0.1, 0.15) is 11.5 Å². The number of hydrogen-bond acceptors (Lipinski definition) is 5. The van der Waals surface area contributed by atoms with Crippen LogP contribution in [0.1, 0.15) is 22.8 Å². The van der Waals surface area contributed by atoms with E-state index in [4.69, 9.17) is 9.47 Å². The fourth-order valence-electron chi connectivity index (χ4n) is 1.91. The molecule has 5 heteroatoms. The zero-order valence-corrected chi connectivity index (χ0v) is 12.6. The van der Waals surface area contributed by atoms with Crippen LogP contribution in [-0.4, -0.2) is 23.5 Å². The average Bonchev–Trinajstić information content (AvgIpc) is 2.55. The second-order valence-corrected chi connectivity index (χ2v) is 4.62. The van der Waals surface area contributed by atoms with E-state index >= 15 is 0 Å². The molecule has 0 aliphatic rings. The van der Waals surface area contributed by atoms with E-state index in [0.29, 0.717) is 5.56 Å². The van der Waals surface area contributed by atoms with Gasteiger partial charge in [0.15, 0.2) is 5.78 Å². The van der Waals surface area contributed by atoms with Crippen molar-refractivity contribution in [2.75, 3.05) is 6.61 Å². The Labute approximate surface area is 133 Å². The molecule has 0 atom stereocenters. The van der Waals surface area contributed by atoms with Crippen LogP contribution in [0.15, 0.2) is 60.9 Å². The van der Waals surface area contributed by atoms with Gasteiger partial charge in [-0.05, 0) is 25.6 Å². The van der Waals surface area contributed by atoms with E-state index in [0.717, 1.165) is 0 Å². The number of benzene rings is 2. The Balaban J connectivity index is 2.17. The van der Waals surface area contributed by atoms with Gasteiger partial charge in [-0.3, -0.25) is 4.79 Å². The summed E-state index contributed by atoms with van der Waals surface area (Å²) in [5.41, 5.74) is 0.609. The van der Waals surface area contributed by atoms with E-state index < -0.39 is 5.97 Å². The summed E-state index contributed by atoms with van der Waals surface area (Å²) >= 11 is 0. The number of rotatable bonds is 6. The molecule has 2 rings (SSSR count). The van der Waals surface area contributed by atoms with Gasteiger partial charge >= 0.3 is 5.97 Å². The first-order valence-electron chi connectivity index (χ1n) is 6.99. The van der Waals surface area contributed by atoms with E-state index in [1.807, 2.05) is 0 Å². The third kappa shape index (κ3) is 3.97. The van der Waals surface area contributed by atoms with Crippen molar-refractivity contribution in [1.29, 1.82) is 0 Å². The summed E-state index contributed by atoms with van der Waals surface area (Å²) in [6.07, 6.45) is 0. The van der Waals surface area contributed by atoms with Gasteiger partial charge in [0, 0.05) is 11.6 Å². The molecule has 0 spiro atoms. The highest BCUT2D eigenvalue weighted by atomic mass is 16.6. The number of phenolic OH excluding ortho intramolecular Hbond substituents is 1. The Kier molecular flexibility index (Phi) is 5.15. The molecule has 0 heterocycles. The van der Waals surface area contributed by atoms with Crippen molar-refractivity contribution < 1.29 is 24.2 Å². The van der Waals surface area contributed by atoms with Crippen LogP contribution in [0.3, 0.4) is 0 Å². The minimum atomic E-state index is -0.684. The third-order valence-electron chi connectivity index (χ3n) is 2.99. The summed E-state index contributed by atoms with van der Waals surface area (Å²) in [4.78, 5) is 23.7. The standard InChI is InChI=1S/C18H16O5/c1-3-22-18(21)12(2)23-14-9-10-15(16(19)11-14)17(20)13-7-5-4-6-8-13/h4-11,19H,2-3H2,1H3. The van der Waals surface area contributed by atoms with Gasteiger partial charge < -0.3 is 14.6 Å². The van der Waals surface area contributed by atoms with E-state index in [2.05, 4.69) is 6.58 Å². The zero-order chi connectivity index (χ0) is 16.8. The lowest BCUT2D eigenvalue weighted by Gasteiger charge is -2.10. The van der Waals surface area contributed by atoms with Gasteiger partial charge in [-0.25, -0.2) is 4.79 Å². The van der Waals surface area contributed by atoms with Crippen LogP contribution < -0.4 is 4.74 Å². The van der Waals surface area contributed by atoms with Gasteiger partial charge in [-0.15, -0.1) is 0 Å². The summed E-state index contributed by atoms with van der Waals surface area (Å²) in [7, 11) is 0. The van der Waals surface area contributed by atoms with Crippen LogP contribution in [0.4, 0.5) is 0 Å². The fraction of sp³-hybridized carbons (Fsp3) is 0.111. The second-order valence-electron chi connectivity index (χ2n) is 4.62. The molecule has 23 heavy (non-hydrogen) atoms. The monoisotopic (exact) mass is 312 g/mol. The number of carbonyl (C=O) groups excluding carboxylic acids is 2. The van der Waals surface area contributed by atoms with E-state index in [1.165, 1.54) is 18.2 Å². The summed E-state index contributed by atoms with van der Waals surface area (Å²) in [5, 5.41) is 10.0. The molecule has 0 bridgehead atoms. The van der Waals surface area contributed by atoms with E-state index in [1.54, 1.807) is 37.3 Å². The highest BCUT2D eigenvalue weighted by Gasteiger charge is 2.16. The maximum Gasteiger partial charge on any atom is 0.373 e. The van der Waals surface area contributed by atoms with Gasteiger partial charge in [-0.2, -0.15) is 0 Å². The SMILES string of the molecule is C=C(Oc1ccc(C(=O)c2ccccc2)c(O)c1)C(=O)OCC. The Morgan fingerprint density at radius 3 is 2.43 bits per heavy atom. The summed E-state index contributed by atoms with van der Waals surface area (Å²) in [5.74, 6) is -1.25. The molecular formula is C18H16O5. The predicted octanol–water partition coefficient (Wildman–Crippen LogP) is 3.08. The molecule has 0 amide bonds. The van der Waals surface area contributed by atoms with Crippen molar-refractivity contribution in [3.8, 4) is 11.5 Å². The summed E-state index contributed by atoms with van der Waals surface area (Å²) in [6, 6.07) is 12.8. The maximum absolute atomic E-state index is 12.3. The third-order valence-corrected chi connectivity index (χ3v) is 2.99. The molecule has 0 radical (unpaired) electrons. The number of hydrogen-bond donors (Lipinski definition) is 1. The van der Waals surface area contributed by atoms with Gasteiger partial charge in [0.2, 0.25) is 5.76 Å². The Morgan fingerprint density at radius 1 is 1.13 bits per heavy atom. The highest BCUT2D eigenvalue weighted by Crippen LogP contribution is 2.26. The second kappa shape index (κ2) is 7.26. The first kappa shape index (κ1) is 16.3. The van der Waals surface area contributed by atoms with Gasteiger partial charge in [0.05, 0.1) is 12.2 Å². The van der Waals surface area contributed by atoms with Crippen LogP contribution in [-0.2, 0) is 9.53 Å². The Bertz CT molecular complexity index is 734. The molecule has 0 unspecified atom stereocenters. The predicted molar refractivity (Wildman–Crippen MR) is 84.4 cm³/mol. The van der Waals surface area contributed by atoms with Crippen molar-refractivity contribution in [2.45, 2.75) is 6.92 Å². The molecule has 0 fully saturated rings. The molecule has 5 nitrogen and oxygen atoms in total. The van der Waals surface area contributed by atoms with Crippen molar-refractivity contribution in [3.63, 3.8) is 0 Å².